The number of fused-ring (bicyclic) bond motifs is 1. The van der Waals surface area contributed by atoms with Crippen LogP contribution >= 0.6 is 11.6 Å². The van der Waals surface area contributed by atoms with E-state index in [2.05, 4.69) is 9.97 Å². The maximum absolute atomic E-state index is 11.3. The lowest BCUT2D eigenvalue weighted by Crippen LogP contribution is -2.25. The molecule has 0 radical (unpaired) electrons. The molecule has 0 aliphatic heterocycles. The summed E-state index contributed by atoms with van der Waals surface area (Å²) in [5.41, 5.74) is 6.87. The topological polar surface area (TPSA) is 73.8 Å². The number of carbonyl (C=O) groups excluding carboxylic acids is 1. The van der Waals surface area contributed by atoms with Crippen LogP contribution in [0.1, 0.15) is 31.1 Å². The van der Waals surface area contributed by atoms with Crippen molar-refractivity contribution in [3.8, 4) is 0 Å². The van der Waals surface area contributed by atoms with E-state index < -0.39 is 11.9 Å². The number of pyridine rings is 1. The van der Waals surface area contributed by atoms with Gasteiger partial charge in [-0.3, -0.25) is 9.78 Å². The molecule has 0 aliphatic carbocycles. The summed E-state index contributed by atoms with van der Waals surface area (Å²) in [4.78, 5) is 19.7. The first-order chi connectivity index (χ1) is 8.02. The van der Waals surface area contributed by atoms with E-state index in [-0.39, 0.29) is 5.38 Å². The quantitative estimate of drug-likeness (QED) is 0.846. The van der Waals surface area contributed by atoms with Crippen LogP contribution in [-0.2, 0) is 4.79 Å². The number of aromatic nitrogens is 3. The number of amides is 1. The number of hydrogen-bond acceptors (Lipinski definition) is 3. The van der Waals surface area contributed by atoms with Crippen LogP contribution in [0.15, 0.2) is 18.5 Å². The highest BCUT2D eigenvalue weighted by atomic mass is 35.5. The van der Waals surface area contributed by atoms with Crippen LogP contribution in [0.3, 0.4) is 0 Å². The van der Waals surface area contributed by atoms with Gasteiger partial charge >= 0.3 is 0 Å². The van der Waals surface area contributed by atoms with Crippen LogP contribution < -0.4 is 5.73 Å². The van der Waals surface area contributed by atoms with Crippen LogP contribution in [0.5, 0.6) is 0 Å². The highest BCUT2D eigenvalue weighted by Crippen LogP contribution is 2.27. The smallest absolute Gasteiger partial charge is 0.240 e. The van der Waals surface area contributed by atoms with E-state index in [0.29, 0.717) is 11.3 Å². The minimum absolute atomic E-state index is 0.302. The third-order valence-electron chi connectivity index (χ3n) is 2.67. The van der Waals surface area contributed by atoms with E-state index in [1.54, 1.807) is 36.9 Å². The van der Waals surface area contributed by atoms with Crippen LogP contribution in [0.2, 0.25) is 0 Å². The summed E-state index contributed by atoms with van der Waals surface area (Å²) in [6.45, 7) is 3.53. The number of carbonyl (C=O) groups is 1. The van der Waals surface area contributed by atoms with Crippen molar-refractivity contribution in [2.24, 2.45) is 5.73 Å². The molecule has 90 valence electrons. The first-order valence-electron chi connectivity index (χ1n) is 5.27. The normalized spacial score (nSPS) is 14.8. The summed E-state index contributed by atoms with van der Waals surface area (Å²) in [5, 5.41) is -0.302. The minimum Gasteiger partial charge on any atom is -0.368 e. The molecule has 0 saturated heterocycles. The molecule has 2 heterocycles. The van der Waals surface area contributed by atoms with Gasteiger partial charge in [-0.05, 0) is 19.9 Å². The van der Waals surface area contributed by atoms with Gasteiger partial charge in [0.2, 0.25) is 5.91 Å². The van der Waals surface area contributed by atoms with Gasteiger partial charge in [0.05, 0.1) is 17.1 Å². The van der Waals surface area contributed by atoms with Gasteiger partial charge in [0.1, 0.15) is 17.4 Å². The van der Waals surface area contributed by atoms with Crippen LogP contribution in [0.4, 0.5) is 0 Å². The molecule has 2 N–H and O–H groups in total. The van der Waals surface area contributed by atoms with Gasteiger partial charge in [0.15, 0.2) is 0 Å². The van der Waals surface area contributed by atoms with Gasteiger partial charge in [-0.25, -0.2) is 4.98 Å². The highest BCUT2D eigenvalue weighted by molar-refractivity contribution is 6.20. The van der Waals surface area contributed by atoms with Crippen molar-refractivity contribution in [1.29, 1.82) is 0 Å². The van der Waals surface area contributed by atoms with Crippen molar-refractivity contribution < 1.29 is 4.79 Å². The van der Waals surface area contributed by atoms with E-state index in [1.165, 1.54) is 0 Å². The molecule has 0 aromatic carbocycles. The van der Waals surface area contributed by atoms with Crippen molar-refractivity contribution >= 4 is 28.5 Å². The average molecular weight is 253 g/mol. The number of alkyl halides is 1. The molecule has 2 rings (SSSR count). The highest BCUT2D eigenvalue weighted by Gasteiger charge is 2.21. The second kappa shape index (κ2) is 4.33. The molecule has 2 aromatic heterocycles. The van der Waals surface area contributed by atoms with Gasteiger partial charge < -0.3 is 10.3 Å². The molecule has 0 bridgehead atoms. The van der Waals surface area contributed by atoms with Gasteiger partial charge in [-0.2, -0.15) is 0 Å². The number of imidazole rings is 1. The Morgan fingerprint density at radius 1 is 1.53 bits per heavy atom. The number of rotatable bonds is 3. The Morgan fingerprint density at radius 2 is 2.24 bits per heavy atom. The van der Waals surface area contributed by atoms with Crippen LogP contribution in [0.25, 0.3) is 11.0 Å². The zero-order valence-corrected chi connectivity index (χ0v) is 10.3. The molecule has 5 nitrogen and oxygen atoms in total. The number of primary amides is 1. The largest absolute Gasteiger partial charge is 0.368 e. The zero-order chi connectivity index (χ0) is 12.6. The number of nitrogens with two attached hydrogens (primary N) is 1. The fourth-order valence-electron chi connectivity index (χ4n) is 1.78. The Hall–Kier alpha value is -1.62. The van der Waals surface area contributed by atoms with E-state index in [4.69, 9.17) is 17.3 Å². The van der Waals surface area contributed by atoms with E-state index in [9.17, 15) is 4.79 Å². The van der Waals surface area contributed by atoms with Crippen molar-refractivity contribution in [2.75, 3.05) is 0 Å². The third kappa shape index (κ3) is 1.98. The summed E-state index contributed by atoms with van der Waals surface area (Å²) >= 11 is 6.07. The summed E-state index contributed by atoms with van der Waals surface area (Å²) in [7, 11) is 0. The molecule has 0 aliphatic rings. The van der Waals surface area contributed by atoms with Crippen molar-refractivity contribution in [2.45, 2.75) is 25.3 Å². The second-order valence-corrected chi connectivity index (χ2v) is 4.55. The Balaban J connectivity index is 2.72. The molecular formula is C11H13ClN4O. The van der Waals surface area contributed by atoms with E-state index in [1.807, 2.05) is 0 Å². The lowest BCUT2D eigenvalue weighted by Gasteiger charge is -2.15. The lowest BCUT2D eigenvalue weighted by molar-refractivity contribution is -0.120. The predicted octanol–water partition coefficient (Wildman–Crippen LogP) is 1.78. The Bertz CT molecular complexity index is 564. The molecule has 0 spiro atoms. The van der Waals surface area contributed by atoms with Gasteiger partial charge in [-0.15, -0.1) is 11.6 Å². The lowest BCUT2D eigenvalue weighted by atomic mass is 10.3. The zero-order valence-electron chi connectivity index (χ0n) is 9.59. The first-order valence-corrected chi connectivity index (χ1v) is 5.71. The van der Waals surface area contributed by atoms with Gasteiger partial charge in [0, 0.05) is 6.20 Å². The number of nitrogens with zero attached hydrogens (tertiary/aromatic N) is 3. The summed E-state index contributed by atoms with van der Waals surface area (Å²) < 4.78 is 1.76. The molecule has 2 unspecified atom stereocenters. The van der Waals surface area contributed by atoms with Gasteiger partial charge in [-0.1, -0.05) is 0 Å². The maximum atomic E-state index is 11.3. The monoisotopic (exact) mass is 252 g/mol. The molecule has 17 heavy (non-hydrogen) atoms. The first kappa shape index (κ1) is 11.9. The molecule has 2 aromatic rings. The number of halogens is 1. The molecule has 1 amide bonds. The summed E-state index contributed by atoms with van der Waals surface area (Å²) in [6.07, 6.45) is 3.29. The Labute approximate surface area is 104 Å². The van der Waals surface area contributed by atoms with Crippen LogP contribution in [0, 0.1) is 0 Å². The Kier molecular flexibility index (Phi) is 3.02. The molecular weight excluding hydrogens is 240 g/mol. The molecule has 0 saturated carbocycles. The maximum Gasteiger partial charge on any atom is 0.240 e. The van der Waals surface area contributed by atoms with E-state index in [0.717, 1.165) is 5.52 Å². The van der Waals surface area contributed by atoms with Crippen LogP contribution in [-0.4, -0.2) is 20.4 Å². The number of hydrogen-bond donors (Lipinski definition) is 1. The van der Waals surface area contributed by atoms with Crippen molar-refractivity contribution in [3.63, 3.8) is 0 Å². The second-order valence-electron chi connectivity index (χ2n) is 3.90. The fraction of sp³-hybridized carbons (Fsp3) is 0.364. The van der Waals surface area contributed by atoms with Crippen molar-refractivity contribution in [1.82, 2.24) is 14.5 Å². The standard InChI is InChI=1S/C11H13ClN4O/c1-6(12)11-15-8-5-14-4-3-9(8)16(11)7(2)10(13)17/h3-7H,1-2H3,(H2,13,17). The summed E-state index contributed by atoms with van der Waals surface area (Å²) in [6, 6.07) is 1.31. The van der Waals surface area contributed by atoms with E-state index >= 15 is 0 Å². The third-order valence-corrected chi connectivity index (χ3v) is 2.87. The SMILES string of the molecule is CC(Cl)c1nc2cnccc2n1C(C)C(N)=O. The Morgan fingerprint density at radius 3 is 2.82 bits per heavy atom. The predicted molar refractivity (Wildman–Crippen MR) is 65.7 cm³/mol. The van der Waals surface area contributed by atoms with Crippen molar-refractivity contribution in [3.05, 3.63) is 24.3 Å². The fourth-order valence-corrected chi connectivity index (χ4v) is 1.94. The molecule has 0 fully saturated rings. The molecule has 6 heteroatoms. The minimum atomic E-state index is -0.487. The van der Waals surface area contributed by atoms with Gasteiger partial charge in [0.25, 0.3) is 0 Å². The average Bonchev–Trinajstić information content (AvgIpc) is 2.67. The summed E-state index contributed by atoms with van der Waals surface area (Å²) in [5.74, 6) is 0.209. The molecule has 2 atom stereocenters.